The third kappa shape index (κ3) is 2.23. The number of nitrogens with one attached hydrogen (secondary N) is 1. The van der Waals surface area contributed by atoms with Gasteiger partial charge in [-0.25, -0.2) is 4.68 Å². The highest BCUT2D eigenvalue weighted by Gasteiger charge is 2.25. The van der Waals surface area contributed by atoms with E-state index in [9.17, 15) is 0 Å². The number of thiophene rings is 1. The van der Waals surface area contributed by atoms with Crippen molar-refractivity contribution in [1.82, 2.24) is 14.8 Å². The zero-order chi connectivity index (χ0) is 15.1. The Morgan fingerprint density at radius 2 is 2.05 bits per heavy atom. The Morgan fingerprint density at radius 1 is 1.23 bits per heavy atom. The Kier molecular flexibility index (Phi) is 3.24. The second-order valence-electron chi connectivity index (χ2n) is 5.15. The van der Waals surface area contributed by atoms with E-state index in [0.717, 1.165) is 22.2 Å². The molecule has 0 spiro atoms. The highest BCUT2D eigenvalue weighted by atomic mass is 35.5. The van der Waals surface area contributed by atoms with Gasteiger partial charge in [-0.05, 0) is 47.7 Å². The summed E-state index contributed by atoms with van der Waals surface area (Å²) in [5.41, 5.74) is 3.37. The van der Waals surface area contributed by atoms with Gasteiger partial charge in [0.05, 0.1) is 0 Å². The van der Waals surface area contributed by atoms with Crippen LogP contribution in [0, 0.1) is 6.92 Å². The fourth-order valence-electron chi connectivity index (χ4n) is 2.61. The quantitative estimate of drug-likeness (QED) is 0.760. The molecule has 3 heterocycles. The molecule has 2 aromatic heterocycles. The van der Waals surface area contributed by atoms with E-state index in [2.05, 4.69) is 39.8 Å². The number of halogens is 1. The molecule has 1 aliphatic rings. The summed E-state index contributed by atoms with van der Waals surface area (Å²) in [4.78, 5) is 5.60. The number of allylic oxidation sites excluding steroid dienone is 1. The molecule has 0 aliphatic carbocycles. The van der Waals surface area contributed by atoms with Crippen LogP contribution in [-0.4, -0.2) is 14.8 Å². The highest BCUT2D eigenvalue weighted by molar-refractivity contribution is 7.10. The molecule has 0 amide bonds. The minimum absolute atomic E-state index is 0.0597. The molecular weight excluding hydrogens is 316 g/mol. The first-order valence-corrected chi connectivity index (χ1v) is 8.16. The number of hydrogen-bond acceptors (Lipinski definition) is 4. The molecule has 1 atom stereocenters. The summed E-state index contributed by atoms with van der Waals surface area (Å²) in [6.45, 7) is 2.13. The molecular formula is C16H13ClN4S. The lowest BCUT2D eigenvalue weighted by molar-refractivity contribution is 0.618. The van der Waals surface area contributed by atoms with E-state index >= 15 is 0 Å². The third-order valence-electron chi connectivity index (χ3n) is 3.73. The maximum atomic E-state index is 5.98. The largest absolute Gasteiger partial charge is 0.324 e. The molecule has 4 nitrogen and oxygen atoms in total. The Labute approximate surface area is 137 Å². The van der Waals surface area contributed by atoms with E-state index in [0.29, 0.717) is 0 Å². The Balaban J connectivity index is 1.82. The first-order valence-electron chi connectivity index (χ1n) is 6.90. The zero-order valence-corrected chi connectivity index (χ0v) is 13.4. The zero-order valence-electron chi connectivity index (χ0n) is 11.8. The van der Waals surface area contributed by atoms with Gasteiger partial charge < -0.3 is 5.32 Å². The second-order valence-corrected chi connectivity index (χ2v) is 6.54. The molecule has 0 bridgehead atoms. The number of aromatic nitrogens is 3. The number of hydrogen-bond donors (Lipinski definition) is 1. The molecule has 1 aliphatic heterocycles. The molecule has 1 N–H and O–H groups in total. The lowest BCUT2D eigenvalue weighted by Crippen LogP contribution is -2.20. The molecule has 0 unspecified atom stereocenters. The van der Waals surface area contributed by atoms with E-state index in [1.165, 1.54) is 10.4 Å². The van der Waals surface area contributed by atoms with Gasteiger partial charge in [0.15, 0.2) is 0 Å². The van der Waals surface area contributed by atoms with Gasteiger partial charge in [-0.3, -0.25) is 0 Å². The SMILES string of the molecule is Cc1ccsc1[C@H]1C=C(c2ccc(Cl)cc2)Nc2ncnn21. The number of nitrogens with zero attached hydrogens (tertiary/aromatic N) is 3. The lowest BCUT2D eigenvalue weighted by atomic mass is 10.1. The van der Waals surface area contributed by atoms with E-state index in [4.69, 9.17) is 11.6 Å². The standard InChI is InChI=1S/C16H13ClN4S/c1-10-6-7-22-15(10)14-8-13(11-2-4-12(17)5-3-11)20-16-18-9-19-21(14)16/h2-9,14H,1H3,(H,18,19,20)/t14-/m1/s1. The van der Waals surface area contributed by atoms with Crippen LogP contribution in [0.2, 0.25) is 5.02 Å². The molecule has 4 rings (SSSR count). The highest BCUT2D eigenvalue weighted by Crippen LogP contribution is 2.35. The number of anilines is 1. The molecule has 1 aromatic carbocycles. The number of rotatable bonds is 2. The van der Waals surface area contributed by atoms with E-state index in [1.54, 1.807) is 17.7 Å². The molecule has 3 aromatic rings. The number of aryl methyl sites for hydroxylation is 1. The van der Waals surface area contributed by atoms with E-state index < -0.39 is 0 Å². The molecule has 6 heteroatoms. The normalized spacial score (nSPS) is 16.8. The smallest absolute Gasteiger partial charge is 0.226 e. The van der Waals surface area contributed by atoms with Gasteiger partial charge in [-0.15, -0.1) is 11.3 Å². The van der Waals surface area contributed by atoms with Crippen LogP contribution in [0.25, 0.3) is 5.70 Å². The summed E-state index contributed by atoms with van der Waals surface area (Å²) in [6.07, 6.45) is 3.76. The minimum Gasteiger partial charge on any atom is -0.324 e. The molecule has 0 fully saturated rings. The van der Waals surface area contributed by atoms with Crippen molar-refractivity contribution in [3.63, 3.8) is 0 Å². The van der Waals surface area contributed by atoms with E-state index in [1.807, 2.05) is 28.9 Å². The monoisotopic (exact) mass is 328 g/mol. The summed E-state index contributed by atoms with van der Waals surface area (Å²) in [6, 6.07) is 9.99. The Bertz CT molecular complexity index is 847. The Hall–Kier alpha value is -2.11. The fourth-order valence-corrected chi connectivity index (χ4v) is 3.71. The summed E-state index contributed by atoms with van der Waals surface area (Å²) >= 11 is 7.72. The minimum atomic E-state index is 0.0597. The maximum absolute atomic E-state index is 5.98. The van der Waals surface area contributed by atoms with Gasteiger partial charge in [0.2, 0.25) is 5.95 Å². The second kappa shape index (κ2) is 5.26. The van der Waals surface area contributed by atoms with Crippen molar-refractivity contribution in [2.75, 3.05) is 5.32 Å². The topological polar surface area (TPSA) is 42.7 Å². The van der Waals surface area contributed by atoms with Crippen LogP contribution < -0.4 is 5.32 Å². The third-order valence-corrected chi connectivity index (χ3v) is 5.07. The van der Waals surface area contributed by atoms with Crippen LogP contribution in [0.1, 0.15) is 22.0 Å². The lowest BCUT2D eigenvalue weighted by Gasteiger charge is -2.24. The molecule has 110 valence electrons. The summed E-state index contributed by atoms with van der Waals surface area (Å²) in [7, 11) is 0. The van der Waals surface area contributed by atoms with Crippen LogP contribution in [0.5, 0.6) is 0 Å². The van der Waals surface area contributed by atoms with Crippen LogP contribution in [0.4, 0.5) is 5.95 Å². The van der Waals surface area contributed by atoms with Crippen molar-refractivity contribution in [1.29, 1.82) is 0 Å². The fraction of sp³-hybridized carbons (Fsp3) is 0.125. The van der Waals surface area contributed by atoms with Crippen LogP contribution in [0.15, 0.2) is 48.1 Å². The average Bonchev–Trinajstić information content (AvgIpc) is 3.15. The van der Waals surface area contributed by atoms with Gasteiger partial charge in [0, 0.05) is 15.6 Å². The van der Waals surface area contributed by atoms with Crippen LogP contribution in [0.3, 0.4) is 0 Å². The molecule has 0 radical (unpaired) electrons. The van der Waals surface area contributed by atoms with E-state index in [-0.39, 0.29) is 6.04 Å². The van der Waals surface area contributed by atoms with Crippen molar-refractivity contribution in [3.05, 3.63) is 69.1 Å². The van der Waals surface area contributed by atoms with Crippen molar-refractivity contribution in [2.45, 2.75) is 13.0 Å². The van der Waals surface area contributed by atoms with Gasteiger partial charge >= 0.3 is 0 Å². The average molecular weight is 329 g/mol. The van der Waals surface area contributed by atoms with Crippen LogP contribution in [-0.2, 0) is 0 Å². The van der Waals surface area contributed by atoms with Gasteiger partial charge in [0.1, 0.15) is 12.4 Å². The predicted molar refractivity (Wildman–Crippen MR) is 90.3 cm³/mol. The summed E-state index contributed by atoms with van der Waals surface area (Å²) in [5, 5.41) is 10.5. The number of fused-ring (bicyclic) bond motifs is 1. The molecule has 0 saturated carbocycles. The maximum Gasteiger partial charge on any atom is 0.226 e. The Morgan fingerprint density at radius 3 is 2.77 bits per heavy atom. The summed E-state index contributed by atoms with van der Waals surface area (Å²) < 4.78 is 1.91. The van der Waals surface area contributed by atoms with Crippen molar-refractivity contribution in [3.8, 4) is 0 Å². The van der Waals surface area contributed by atoms with Gasteiger partial charge in [0.25, 0.3) is 0 Å². The summed E-state index contributed by atoms with van der Waals surface area (Å²) in [5.74, 6) is 0.755. The van der Waals surface area contributed by atoms with Crippen LogP contribution >= 0.6 is 22.9 Å². The first-order chi connectivity index (χ1) is 10.7. The van der Waals surface area contributed by atoms with Crippen molar-refractivity contribution < 1.29 is 0 Å². The van der Waals surface area contributed by atoms with Gasteiger partial charge in [-0.2, -0.15) is 10.1 Å². The molecule has 22 heavy (non-hydrogen) atoms. The van der Waals surface area contributed by atoms with Crippen molar-refractivity contribution in [2.24, 2.45) is 0 Å². The predicted octanol–water partition coefficient (Wildman–Crippen LogP) is 4.36. The molecule has 0 saturated heterocycles. The number of benzene rings is 1. The van der Waals surface area contributed by atoms with Gasteiger partial charge in [-0.1, -0.05) is 23.7 Å². The van der Waals surface area contributed by atoms with Crippen molar-refractivity contribution >= 4 is 34.6 Å². The first kappa shape index (κ1) is 13.5.